The fourth-order valence-electron chi connectivity index (χ4n) is 3.40. The van der Waals surface area contributed by atoms with E-state index in [1.807, 2.05) is 51.2 Å². The van der Waals surface area contributed by atoms with Crippen molar-refractivity contribution in [2.45, 2.75) is 50.8 Å². The van der Waals surface area contributed by atoms with E-state index in [-0.39, 0.29) is 5.91 Å². The number of likely N-dealkylation sites (N-methyl/N-ethyl adjacent to an activating group) is 1. The van der Waals surface area contributed by atoms with Gasteiger partial charge in [0, 0.05) is 33.1 Å². The fraction of sp³-hybridized carbons (Fsp3) is 0.458. The summed E-state index contributed by atoms with van der Waals surface area (Å²) in [5.41, 5.74) is 2.34. The van der Waals surface area contributed by atoms with Crippen molar-refractivity contribution in [3.05, 3.63) is 65.7 Å². The van der Waals surface area contributed by atoms with Crippen LogP contribution in [0.4, 0.5) is 0 Å². The molecule has 1 amide bonds. The maximum Gasteiger partial charge on any atom is 0.243 e. The second-order valence-electron chi connectivity index (χ2n) is 7.49. The van der Waals surface area contributed by atoms with Crippen LogP contribution in [0.1, 0.15) is 44.2 Å². The summed E-state index contributed by atoms with van der Waals surface area (Å²) in [6.07, 6.45) is 4.16. The van der Waals surface area contributed by atoms with Gasteiger partial charge in [0.25, 0.3) is 0 Å². The number of amides is 1. The Balaban J connectivity index is 1.77. The topological polar surface area (TPSA) is 57.7 Å². The largest absolute Gasteiger partial charge is 0.345 e. The summed E-state index contributed by atoms with van der Waals surface area (Å²) in [5, 5.41) is 0. The van der Waals surface area contributed by atoms with Crippen LogP contribution in [0, 0.1) is 0 Å². The summed E-state index contributed by atoms with van der Waals surface area (Å²) in [7, 11) is -1.59. The summed E-state index contributed by atoms with van der Waals surface area (Å²) < 4.78 is 26.6. The van der Waals surface area contributed by atoms with Gasteiger partial charge in [0.1, 0.15) is 0 Å². The molecular weight excluding hydrogens is 396 g/mol. The zero-order valence-electron chi connectivity index (χ0n) is 18.4. The number of carbonyl (C=O) groups excluding carboxylic acids is 1. The number of hydrogen-bond donors (Lipinski definition) is 0. The molecule has 0 atom stereocenters. The molecule has 0 saturated carbocycles. The Bertz CT molecular complexity index is 876. The van der Waals surface area contributed by atoms with Crippen LogP contribution < -0.4 is 0 Å². The van der Waals surface area contributed by atoms with Gasteiger partial charge in [-0.3, -0.25) is 4.79 Å². The molecule has 0 aliphatic heterocycles. The van der Waals surface area contributed by atoms with Gasteiger partial charge in [-0.05, 0) is 48.9 Å². The third kappa shape index (κ3) is 6.96. The third-order valence-corrected chi connectivity index (χ3v) is 7.44. The van der Waals surface area contributed by atoms with Gasteiger partial charge in [-0.15, -0.1) is 0 Å². The van der Waals surface area contributed by atoms with Crippen molar-refractivity contribution in [1.29, 1.82) is 0 Å². The van der Waals surface area contributed by atoms with Gasteiger partial charge in [0.15, 0.2) is 0 Å². The lowest BCUT2D eigenvalue weighted by Crippen LogP contribution is -2.30. The number of benzene rings is 2. The van der Waals surface area contributed by atoms with Gasteiger partial charge < -0.3 is 4.90 Å². The maximum atomic E-state index is 12.5. The minimum Gasteiger partial charge on any atom is -0.345 e. The van der Waals surface area contributed by atoms with Crippen molar-refractivity contribution in [3.8, 4) is 0 Å². The molecule has 0 bridgehead atoms. The van der Waals surface area contributed by atoms with Gasteiger partial charge in [-0.1, -0.05) is 56.3 Å². The molecule has 0 saturated heterocycles. The van der Waals surface area contributed by atoms with Gasteiger partial charge in [0.05, 0.1) is 4.90 Å². The minimum atomic E-state index is -3.43. The van der Waals surface area contributed by atoms with Crippen LogP contribution in [0.25, 0.3) is 0 Å². The monoisotopic (exact) mass is 430 g/mol. The van der Waals surface area contributed by atoms with Crippen LogP contribution in [0.5, 0.6) is 0 Å². The molecular formula is C24H34N2O3S. The first-order chi connectivity index (χ1) is 14.4. The third-order valence-electron chi connectivity index (χ3n) is 5.38. The Morgan fingerprint density at radius 2 is 1.43 bits per heavy atom. The second-order valence-corrected chi connectivity index (χ2v) is 9.43. The zero-order chi connectivity index (χ0) is 22.0. The first-order valence-corrected chi connectivity index (χ1v) is 12.2. The van der Waals surface area contributed by atoms with E-state index in [0.29, 0.717) is 37.4 Å². The van der Waals surface area contributed by atoms with Crippen molar-refractivity contribution in [3.63, 3.8) is 0 Å². The van der Waals surface area contributed by atoms with Crippen LogP contribution in [0.15, 0.2) is 59.5 Å². The second kappa shape index (κ2) is 11.9. The van der Waals surface area contributed by atoms with Crippen LogP contribution >= 0.6 is 0 Å². The van der Waals surface area contributed by atoms with Crippen LogP contribution in [0.2, 0.25) is 0 Å². The first-order valence-electron chi connectivity index (χ1n) is 10.8. The summed E-state index contributed by atoms with van der Waals surface area (Å²) >= 11 is 0. The number of unbranched alkanes of at least 4 members (excludes halogenated alkanes) is 1. The molecule has 0 aromatic heterocycles. The number of sulfonamides is 1. The molecule has 0 aliphatic carbocycles. The molecule has 0 fully saturated rings. The zero-order valence-corrected chi connectivity index (χ0v) is 19.2. The van der Waals surface area contributed by atoms with Crippen molar-refractivity contribution in [2.24, 2.45) is 0 Å². The number of aryl methyl sites for hydroxylation is 1. The Morgan fingerprint density at radius 3 is 2.03 bits per heavy atom. The van der Waals surface area contributed by atoms with Crippen molar-refractivity contribution in [2.75, 3.05) is 26.7 Å². The van der Waals surface area contributed by atoms with E-state index in [9.17, 15) is 13.2 Å². The quantitative estimate of drug-likeness (QED) is 0.476. The Morgan fingerprint density at radius 1 is 0.833 bits per heavy atom. The smallest absolute Gasteiger partial charge is 0.243 e. The average molecular weight is 431 g/mol. The predicted molar refractivity (Wildman–Crippen MR) is 122 cm³/mol. The summed E-state index contributed by atoms with van der Waals surface area (Å²) in [6.45, 7) is 5.21. The number of hydrogen-bond acceptors (Lipinski definition) is 3. The molecule has 2 aromatic rings. The predicted octanol–water partition coefficient (Wildman–Crippen LogP) is 4.13. The van der Waals surface area contributed by atoms with E-state index < -0.39 is 10.0 Å². The molecule has 0 unspecified atom stereocenters. The molecule has 2 aromatic carbocycles. The van der Waals surface area contributed by atoms with Crippen molar-refractivity contribution >= 4 is 15.9 Å². The van der Waals surface area contributed by atoms with Crippen molar-refractivity contribution < 1.29 is 13.2 Å². The molecule has 2 rings (SSSR count). The maximum absolute atomic E-state index is 12.5. The summed E-state index contributed by atoms with van der Waals surface area (Å²) in [6, 6.07) is 17.3. The van der Waals surface area contributed by atoms with Crippen LogP contribution in [-0.2, 0) is 27.7 Å². The van der Waals surface area contributed by atoms with E-state index in [4.69, 9.17) is 0 Å². The van der Waals surface area contributed by atoms with Gasteiger partial charge in [-0.2, -0.15) is 4.31 Å². The minimum absolute atomic E-state index is 0.156. The molecule has 0 aliphatic rings. The van der Waals surface area contributed by atoms with Gasteiger partial charge in [0.2, 0.25) is 15.9 Å². The molecule has 30 heavy (non-hydrogen) atoms. The normalized spacial score (nSPS) is 11.6. The van der Waals surface area contributed by atoms with Crippen molar-refractivity contribution in [1.82, 2.24) is 9.21 Å². The fourth-order valence-corrected chi connectivity index (χ4v) is 4.86. The van der Waals surface area contributed by atoms with E-state index >= 15 is 0 Å². The highest BCUT2D eigenvalue weighted by Crippen LogP contribution is 2.16. The van der Waals surface area contributed by atoms with Gasteiger partial charge >= 0.3 is 0 Å². The SMILES string of the molecule is CCN(CC)S(=O)(=O)c1ccc(CCN(C)C(=O)CCCCc2ccccc2)cc1. The molecule has 6 heteroatoms. The lowest BCUT2D eigenvalue weighted by atomic mass is 10.1. The molecule has 0 N–H and O–H groups in total. The number of carbonyl (C=O) groups is 1. The standard InChI is InChI=1S/C24H34N2O3S/c1-4-26(5-2)30(28,29)23-17-15-22(16-18-23)19-20-25(3)24(27)14-10-9-13-21-11-7-6-8-12-21/h6-8,11-12,15-18H,4-5,9-10,13-14,19-20H2,1-3H3. The van der Waals surface area contributed by atoms with Crippen LogP contribution in [0.3, 0.4) is 0 Å². The van der Waals surface area contributed by atoms with E-state index in [2.05, 4.69) is 12.1 Å². The molecule has 164 valence electrons. The Hall–Kier alpha value is -2.18. The lowest BCUT2D eigenvalue weighted by Gasteiger charge is -2.19. The molecule has 0 spiro atoms. The number of rotatable bonds is 12. The molecule has 0 heterocycles. The number of nitrogens with zero attached hydrogens (tertiary/aromatic N) is 2. The molecule has 0 radical (unpaired) electrons. The first kappa shape index (κ1) is 24.1. The highest BCUT2D eigenvalue weighted by Gasteiger charge is 2.21. The summed E-state index contributed by atoms with van der Waals surface area (Å²) in [5.74, 6) is 0.156. The average Bonchev–Trinajstić information content (AvgIpc) is 2.76. The molecule has 5 nitrogen and oxygen atoms in total. The summed E-state index contributed by atoms with van der Waals surface area (Å²) in [4.78, 5) is 14.4. The Labute approximate surface area is 181 Å². The van der Waals surface area contributed by atoms with Gasteiger partial charge in [-0.25, -0.2) is 8.42 Å². The highest BCUT2D eigenvalue weighted by molar-refractivity contribution is 7.89. The Kier molecular flexibility index (Phi) is 9.53. The van der Waals surface area contributed by atoms with E-state index in [1.165, 1.54) is 9.87 Å². The highest BCUT2D eigenvalue weighted by atomic mass is 32.2. The van der Waals surface area contributed by atoms with E-state index in [0.717, 1.165) is 24.8 Å². The lowest BCUT2D eigenvalue weighted by molar-refractivity contribution is -0.130. The van der Waals surface area contributed by atoms with E-state index in [1.54, 1.807) is 17.0 Å². The van der Waals surface area contributed by atoms with Crippen LogP contribution in [-0.4, -0.2) is 50.2 Å².